The molecule has 3 heteroatoms. The summed E-state index contributed by atoms with van der Waals surface area (Å²) in [6.07, 6.45) is 0.561. The van der Waals surface area contributed by atoms with Crippen LogP contribution in [0, 0.1) is 11.8 Å². The maximum Gasteiger partial charge on any atom is 0.204 e. The van der Waals surface area contributed by atoms with Crippen LogP contribution in [0.25, 0.3) is 0 Å². The average molecular weight is 361 g/mol. The van der Waals surface area contributed by atoms with Gasteiger partial charge in [0.15, 0.2) is 5.78 Å². The minimum absolute atomic E-state index is 0.0535. The van der Waals surface area contributed by atoms with Crippen LogP contribution in [0.5, 0.6) is 0 Å². The van der Waals surface area contributed by atoms with Gasteiger partial charge < -0.3 is 4.43 Å². The number of Topliss-reactive ketones (excluding diaryl/α,β-unsaturated/α-hetero) is 1. The van der Waals surface area contributed by atoms with Crippen LogP contribution in [-0.4, -0.2) is 20.2 Å². The van der Waals surface area contributed by atoms with Crippen LogP contribution in [0.4, 0.5) is 0 Å². The fourth-order valence-corrected chi connectivity index (χ4v) is 11.2. The predicted molar refractivity (Wildman–Crippen MR) is 109 cm³/mol. The van der Waals surface area contributed by atoms with Gasteiger partial charge in [0.05, 0.1) is 6.10 Å². The first-order chi connectivity index (χ1) is 11.4. The molecule has 1 fully saturated rings. The van der Waals surface area contributed by atoms with Gasteiger partial charge in [-0.05, 0) is 28.0 Å². The molecule has 0 radical (unpaired) electrons. The van der Waals surface area contributed by atoms with Gasteiger partial charge in [-0.2, -0.15) is 0 Å². The van der Waals surface area contributed by atoms with E-state index in [1.165, 1.54) is 0 Å². The highest BCUT2D eigenvalue weighted by molar-refractivity contribution is 6.80. The zero-order chi connectivity index (χ0) is 19.0. The van der Waals surface area contributed by atoms with Gasteiger partial charge in [-0.25, -0.2) is 0 Å². The zero-order valence-electron chi connectivity index (χ0n) is 17.3. The zero-order valence-corrected chi connectivity index (χ0v) is 18.3. The van der Waals surface area contributed by atoms with Crippen molar-refractivity contribution < 1.29 is 9.22 Å². The van der Waals surface area contributed by atoms with E-state index in [1.807, 2.05) is 30.3 Å². The lowest BCUT2D eigenvalue weighted by molar-refractivity contribution is 0.0831. The molecule has 0 saturated carbocycles. The quantitative estimate of drug-likeness (QED) is 0.454. The van der Waals surface area contributed by atoms with Gasteiger partial charge in [0, 0.05) is 12.0 Å². The molecule has 1 aromatic rings. The third-order valence-electron chi connectivity index (χ3n) is 6.11. The predicted octanol–water partition coefficient (Wildman–Crippen LogP) is 6.48. The Kier molecular flexibility index (Phi) is 5.70. The average Bonchev–Trinajstić information content (AvgIpc) is 2.88. The second kappa shape index (κ2) is 7.00. The van der Waals surface area contributed by atoms with Gasteiger partial charge in [0.2, 0.25) is 8.32 Å². The molecule has 0 N–H and O–H groups in total. The maximum absolute atomic E-state index is 12.8. The Morgan fingerprint density at radius 1 is 1.08 bits per heavy atom. The van der Waals surface area contributed by atoms with Crippen LogP contribution in [-0.2, 0) is 4.43 Å². The fraction of sp³-hybridized carbons (Fsp3) is 0.682. The van der Waals surface area contributed by atoms with Gasteiger partial charge in [-0.15, -0.1) is 0 Å². The Bertz CT molecular complexity index is 579. The second-order valence-electron chi connectivity index (χ2n) is 10.1. The Morgan fingerprint density at radius 2 is 1.60 bits per heavy atom. The molecule has 1 aliphatic heterocycles. The molecule has 0 aromatic heterocycles. The third kappa shape index (κ3) is 3.93. The summed E-state index contributed by atoms with van der Waals surface area (Å²) >= 11 is 0. The van der Waals surface area contributed by atoms with Gasteiger partial charge in [-0.3, -0.25) is 4.79 Å². The molecule has 0 bridgehead atoms. The van der Waals surface area contributed by atoms with Crippen molar-refractivity contribution >= 4 is 14.1 Å². The molecule has 1 saturated heterocycles. The largest absolute Gasteiger partial charge is 0.412 e. The lowest BCUT2D eigenvalue weighted by Crippen LogP contribution is -2.52. The standard InChI is InChI=1S/C22H36O2Si/c1-16(2)18-15-25(21(3,4)5,22(6,7)8)24-20(18)14-19(23)17-12-10-9-11-13-17/h9-13,16,18,20H,14-15H2,1-8H3/t18-,20-/m1/s1. The molecule has 2 atom stereocenters. The summed E-state index contributed by atoms with van der Waals surface area (Å²) < 4.78 is 6.96. The highest BCUT2D eigenvalue weighted by Crippen LogP contribution is 2.60. The fourth-order valence-electron chi connectivity index (χ4n) is 4.73. The molecule has 1 heterocycles. The summed E-state index contributed by atoms with van der Waals surface area (Å²) in [4.78, 5) is 12.8. The van der Waals surface area contributed by atoms with E-state index >= 15 is 0 Å². The van der Waals surface area contributed by atoms with E-state index < -0.39 is 8.32 Å². The van der Waals surface area contributed by atoms with Gasteiger partial charge in [-0.1, -0.05) is 85.7 Å². The lowest BCUT2D eigenvalue weighted by Gasteiger charge is -2.48. The molecule has 2 nitrogen and oxygen atoms in total. The SMILES string of the molecule is CC(C)[C@H]1C[Si](C(C)(C)C)(C(C)(C)C)O[C@@H]1CC(=O)c1ccccc1. The summed E-state index contributed by atoms with van der Waals surface area (Å²) in [7, 11) is -2.04. The summed E-state index contributed by atoms with van der Waals surface area (Å²) in [5.74, 6) is 1.22. The van der Waals surface area contributed by atoms with Crippen molar-refractivity contribution in [1.29, 1.82) is 0 Å². The summed E-state index contributed by atoms with van der Waals surface area (Å²) in [5, 5.41) is 0.311. The molecule has 0 amide bonds. The summed E-state index contributed by atoms with van der Waals surface area (Å²) in [6, 6.07) is 10.8. The van der Waals surface area contributed by atoms with E-state index in [1.54, 1.807) is 0 Å². The number of rotatable bonds is 4. The highest BCUT2D eigenvalue weighted by atomic mass is 28.4. The van der Waals surface area contributed by atoms with Crippen molar-refractivity contribution in [2.75, 3.05) is 0 Å². The summed E-state index contributed by atoms with van der Waals surface area (Å²) in [6.45, 7) is 18.6. The molecule has 140 valence electrons. The van der Waals surface area contributed by atoms with E-state index in [0.29, 0.717) is 18.3 Å². The number of benzene rings is 1. The number of hydrogen-bond acceptors (Lipinski definition) is 2. The van der Waals surface area contributed by atoms with Crippen molar-refractivity contribution in [1.82, 2.24) is 0 Å². The molecular weight excluding hydrogens is 324 g/mol. The van der Waals surface area contributed by atoms with Gasteiger partial charge >= 0.3 is 0 Å². The minimum Gasteiger partial charge on any atom is -0.412 e. The Labute approximate surface area is 155 Å². The molecule has 0 aliphatic carbocycles. The third-order valence-corrected chi connectivity index (χ3v) is 12.7. The van der Waals surface area contributed by atoms with Crippen molar-refractivity contribution in [2.24, 2.45) is 11.8 Å². The van der Waals surface area contributed by atoms with E-state index in [4.69, 9.17) is 4.43 Å². The van der Waals surface area contributed by atoms with Crippen LogP contribution in [0.1, 0.15) is 72.2 Å². The van der Waals surface area contributed by atoms with Gasteiger partial charge in [0.25, 0.3) is 0 Å². The van der Waals surface area contributed by atoms with Crippen LogP contribution < -0.4 is 0 Å². The van der Waals surface area contributed by atoms with Crippen LogP contribution in [0.2, 0.25) is 16.1 Å². The highest BCUT2D eigenvalue weighted by Gasteiger charge is 2.61. The summed E-state index contributed by atoms with van der Waals surface area (Å²) in [5.41, 5.74) is 0.805. The van der Waals surface area contributed by atoms with E-state index in [9.17, 15) is 4.79 Å². The minimum atomic E-state index is -2.04. The van der Waals surface area contributed by atoms with Crippen molar-refractivity contribution in [3.8, 4) is 0 Å². The van der Waals surface area contributed by atoms with Crippen LogP contribution in [0.3, 0.4) is 0 Å². The van der Waals surface area contributed by atoms with Crippen molar-refractivity contribution in [3.63, 3.8) is 0 Å². The van der Waals surface area contributed by atoms with E-state index in [-0.39, 0.29) is 22.0 Å². The molecule has 0 unspecified atom stereocenters. The number of carbonyl (C=O) groups is 1. The number of hydrogen-bond donors (Lipinski definition) is 0. The van der Waals surface area contributed by atoms with E-state index in [2.05, 4.69) is 55.4 Å². The molecule has 25 heavy (non-hydrogen) atoms. The topological polar surface area (TPSA) is 26.3 Å². The monoisotopic (exact) mass is 360 g/mol. The lowest BCUT2D eigenvalue weighted by atomic mass is 9.88. The Morgan fingerprint density at radius 3 is 2.04 bits per heavy atom. The van der Waals surface area contributed by atoms with E-state index in [0.717, 1.165) is 11.6 Å². The molecule has 1 aliphatic rings. The maximum atomic E-state index is 12.8. The first-order valence-corrected chi connectivity index (χ1v) is 11.8. The number of ketones is 1. The molecular formula is C22H36O2Si. The first-order valence-electron chi connectivity index (χ1n) is 9.65. The van der Waals surface area contributed by atoms with Crippen molar-refractivity contribution in [2.45, 2.75) is 84.0 Å². The molecule has 2 rings (SSSR count). The normalized spacial score (nSPS) is 23.9. The second-order valence-corrected chi connectivity index (χ2v) is 15.4. The number of carbonyl (C=O) groups excluding carboxylic acids is 1. The van der Waals surface area contributed by atoms with Gasteiger partial charge in [0.1, 0.15) is 0 Å². The molecule has 0 spiro atoms. The smallest absolute Gasteiger partial charge is 0.204 e. The van der Waals surface area contributed by atoms with Crippen LogP contribution in [0.15, 0.2) is 30.3 Å². The molecule has 1 aromatic carbocycles. The Balaban J connectivity index is 2.33. The van der Waals surface area contributed by atoms with Crippen LogP contribution >= 0.6 is 0 Å². The Hall–Kier alpha value is -0.933. The first kappa shape index (κ1) is 20.4. The van der Waals surface area contributed by atoms with Crippen molar-refractivity contribution in [3.05, 3.63) is 35.9 Å².